The van der Waals surface area contributed by atoms with Gasteiger partial charge in [0.05, 0.1) is 17.2 Å². The van der Waals surface area contributed by atoms with E-state index < -0.39 is 5.54 Å². The normalized spacial score (nSPS) is 20.5. The van der Waals surface area contributed by atoms with E-state index >= 15 is 0 Å². The fraction of sp³-hybridized carbons (Fsp3) is 0.389. The summed E-state index contributed by atoms with van der Waals surface area (Å²) in [5.74, 6) is -0.158. The smallest absolute Gasteiger partial charge is 0.323 e. The first-order chi connectivity index (χ1) is 11.4. The summed E-state index contributed by atoms with van der Waals surface area (Å²) in [6.07, 6.45) is 1.33. The van der Waals surface area contributed by atoms with Gasteiger partial charge in [-0.15, -0.1) is 11.3 Å². The Labute approximate surface area is 145 Å². The largest absolute Gasteiger partial charge is 0.325 e. The van der Waals surface area contributed by atoms with E-state index in [0.29, 0.717) is 13.0 Å². The molecule has 1 aromatic carbocycles. The Morgan fingerprint density at radius 1 is 1.21 bits per heavy atom. The van der Waals surface area contributed by atoms with Crippen molar-refractivity contribution in [3.05, 3.63) is 51.5 Å². The van der Waals surface area contributed by atoms with Gasteiger partial charge in [-0.3, -0.25) is 9.69 Å². The van der Waals surface area contributed by atoms with Gasteiger partial charge in [0.1, 0.15) is 5.54 Å². The number of hydrogen-bond donors (Lipinski definition) is 1. The minimum absolute atomic E-state index is 0.158. The van der Waals surface area contributed by atoms with E-state index in [0.717, 1.165) is 27.6 Å². The third-order valence-corrected chi connectivity index (χ3v) is 5.46. The Bertz CT molecular complexity index is 772. The zero-order valence-electron chi connectivity index (χ0n) is 14.1. The first-order valence-electron chi connectivity index (χ1n) is 8.00. The molecular weight excluding hydrogens is 322 g/mol. The maximum Gasteiger partial charge on any atom is 0.325 e. The van der Waals surface area contributed by atoms with E-state index in [2.05, 4.69) is 10.3 Å². The number of benzene rings is 1. The molecule has 1 N–H and O–H groups in total. The van der Waals surface area contributed by atoms with Crippen LogP contribution in [0.1, 0.15) is 34.5 Å². The molecule has 0 saturated carbocycles. The topological polar surface area (TPSA) is 62.3 Å². The fourth-order valence-electron chi connectivity index (χ4n) is 2.96. The molecule has 1 aliphatic heterocycles. The third-order valence-electron chi connectivity index (χ3n) is 4.40. The SMILES string of the molecule is Cc1nc(C)c(CN2C(=O)N[C@](C)(CCc3ccccc3)C2=O)s1. The van der Waals surface area contributed by atoms with Crippen LogP contribution in [-0.2, 0) is 17.8 Å². The number of rotatable bonds is 5. The second-order valence-corrected chi connectivity index (χ2v) is 7.67. The lowest BCUT2D eigenvalue weighted by molar-refractivity contribution is -0.131. The zero-order chi connectivity index (χ0) is 17.3. The molecule has 0 aliphatic carbocycles. The number of imide groups is 1. The molecule has 6 heteroatoms. The van der Waals surface area contributed by atoms with Crippen molar-refractivity contribution in [2.24, 2.45) is 0 Å². The van der Waals surface area contributed by atoms with Crippen molar-refractivity contribution in [2.45, 2.75) is 45.7 Å². The van der Waals surface area contributed by atoms with Gasteiger partial charge in [0, 0.05) is 4.88 Å². The van der Waals surface area contributed by atoms with Crippen molar-refractivity contribution in [1.82, 2.24) is 15.2 Å². The van der Waals surface area contributed by atoms with E-state index in [1.807, 2.05) is 44.2 Å². The third kappa shape index (κ3) is 3.19. The van der Waals surface area contributed by atoms with Crippen LogP contribution in [0.5, 0.6) is 0 Å². The predicted octanol–water partition coefficient (Wildman–Crippen LogP) is 3.20. The summed E-state index contributed by atoms with van der Waals surface area (Å²) < 4.78 is 0. The molecule has 0 spiro atoms. The Morgan fingerprint density at radius 3 is 2.54 bits per heavy atom. The Kier molecular flexibility index (Phi) is 4.41. The van der Waals surface area contributed by atoms with Gasteiger partial charge in [-0.05, 0) is 39.2 Å². The summed E-state index contributed by atoms with van der Waals surface area (Å²) in [6.45, 7) is 5.94. The minimum atomic E-state index is -0.847. The van der Waals surface area contributed by atoms with Crippen LogP contribution in [0.2, 0.25) is 0 Å². The zero-order valence-corrected chi connectivity index (χ0v) is 14.9. The molecule has 2 heterocycles. The maximum absolute atomic E-state index is 12.8. The quantitative estimate of drug-likeness (QED) is 0.848. The lowest BCUT2D eigenvalue weighted by Crippen LogP contribution is -2.44. The van der Waals surface area contributed by atoms with E-state index in [-0.39, 0.29) is 11.9 Å². The van der Waals surface area contributed by atoms with Crippen LogP contribution >= 0.6 is 11.3 Å². The first-order valence-corrected chi connectivity index (χ1v) is 8.81. The lowest BCUT2D eigenvalue weighted by atomic mass is 9.93. The average Bonchev–Trinajstić information content (AvgIpc) is 2.98. The molecule has 0 bridgehead atoms. The Balaban J connectivity index is 1.72. The predicted molar refractivity (Wildman–Crippen MR) is 93.8 cm³/mol. The van der Waals surface area contributed by atoms with Crippen LogP contribution in [0, 0.1) is 13.8 Å². The van der Waals surface area contributed by atoms with Crippen LogP contribution in [-0.4, -0.2) is 27.4 Å². The number of hydrogen-bond acceptors (Lipinski definition) is 4. The Hall–Kier alpha value is -2.21. The fourth-order valence-corrected chi connectivity index (χ4v) is 3.89. The van der Waals surface area contributed by atoms with Gasteiger partial charge >= 0.3 is 6.03 Å². The molecule has 1 saturated heterocycles. The molecule has 3 rings (SSSR count). The summed E-state index contributed by atoms with van der Waals surface area (Å²) in [4.78, 5) is 31.8. The number of nitrogens with zero attached hydrogens (tertiary/aromatic N) is 2. The molecule has 0 unspecified atom stereocenters. The maximum atomic E-state index is 12.8. The van der Waals surface area contributed by atoms with Gasteiger partial charge in [-0.1, -0.05) is 30.3 Å². The number of carbonyl (C=O) groups is 2. The van der Waals surface area contributed by atoms with E-state index in [1.165, 1.54) is 16.2 Å². The number of thiazole rings is 1. The van der Waals surface area contributed by atoms with Crippen molar-refractivity contribution >= 4 is 23.3 Å². The van der Waals surface area contributed by atoms with Crippen LogP contribution < -0.4 is 5.32 Å². The lowest BCUT2D eigenvalue weighted by Gasteiger charge is -2.21. The highest BCUT2D eigenvalue weighted by Gasteiger charge is 2.47. The van der Waals surface area contributed by atoms with Crippen LogP contribution in [0.15, 0.2) is 30.3 Å². The molecule has 24 heavy (non-hydrogen) atoms. The molecular formula is C18H21N3O2S. The highest BCUT2D eigenvalue weighted by molar-refractivity contribution is 7.11. The van der Waals surface area contributed by atoms with Gasteiger partial charge < -0.3 is 5.32 Å². The molecule has 1 atom stereocenters. The van der Waals surface area contributed by atoms with Crippen molar-refractivity contribution in [3.63, 3.8) is 0 Å². The van der Waals surface area contributed by atoms with Gasteiger partial charge in [0.2, 0.25) is 0 Å². The van der Waals surface area contributed by atoms with Gasteiger partial charge in [0.25, 0.3) is 5.91 Å². The van der Waals surface area contributed by atoms with Crippen molar-refractivity contribution < 1.29 is 9.59 Å². The monoisotopic (exact) mass is 343 g/mol. The van der Waals surface area contributed by atoms with Crippen LogP contribution in [0.25, 0.3) is 0 Å². The van der Waals surface area contributed by atoms with E-state index in [9.17, 15) is 9.59 Å². The van der Waals surface area contributed by atoms with E-state index in [1.54, 1.807) is 6.92 Å². The summed E-state index contributed by atoms with van der Waals surface area (Å²) in [7, 11) is 0. The molecule has 2 aromatic rings. The Morgan fingerprint density at radius 2 is 1.92 bits per heavy atom. The summed E-state index contributed by atoms with van der Waals surface area (Å²) in [6, 6.07) is 9.68. The van der Waals surface area contributed by atoms with E-state index in [4.69, 9.17) is 0 Å². The summed E-state index contributed by atoms with van der Waals surface area (Å²) in [5, 5.41) is 3.81. The number of amides is 3. The van der Waals surface area contributed by atoms with Crippen LogP contribution in [0.4, 0.5) is 4.79 Å². The van der Waals surface area contributed by atoms with Crippen molar-refractivity contribution in [1.29, 1.82) is 0 Å². The highest BCUT2D eigenvalue weighted by atomic mass is 32.1. The van der Waals surface area contributed by atoms with Gasteiger partial charge in [0.15, 0.2) is 0 Å². The summed E-state index contributed by atoms with van der Waals surface area (Å²) >= 11 is 1.53. The second-order valence-electron chi connectivity index (χ2n) is 6.38. The standard InChI is InChI=1S/C18H21N3O2S/c1-12-15(24-13(2)19-12)11-21-16(22)18(3,20-17(21)23)10-9-14-7-5-4-6-8-14/h4-8H,9-11H2,1-3H3,(H,20,23)/t18-/m1/s1. The molecule has 1 aliphatic rings. The number of aromatic nitrogens is 1. The molecule has 3 amide bonds. The highest BCUT2D eigenvalue weighted by Crippen LogP contribution is 2.27. The number of aryl methyl sites for hydroxylation is 3. The first kappa shape index (κ1) is 16.6. The minimum Gasteiger partial charge on any atom is -0.323 e. The number of carbonyl (C=O) groups excluding carboxylic acids is 2. The number of nitrogens with one attached hydrogen (secondary N) is 1. The number of urea groups is 1. The van der Waals surface area contributed by atoms with Crippen molar-refractivity contribution in [2.75, 3.05) is 0 Å². The second kappa shape index (κ2) is 6.36. The summed E-state index contributed by atoms with van der Waals surface area (Å²) in [5.41, 5.74) is 1.20. The molecule has 0 radical (unpaired) electrons. The average molecular weight is 343 g/mol. The molecule has 1 fully saturated rings. The molecule has 1 aromatic heterocycles. The van der Waals surface area contributed by atoms with Crippen molar-refractivity contribution in [3.8, 4) is 0 Å². The van der Waals surface area contributed by atoms with Crippen LogP contribution in [0.3, 0.4) is 0 Å². The van der Waals surface area contributed by atoms with Gasteiger partial charge in [-0.25, -0.2) is 9.78 Å². The van der Waals surface area contributed by atoms with Gasteiger partial charge in [-0.2, -0.15) is 0 Å². The molecule has 126 valence electrons. The molecule has 5 nitrogen and oxygen atoms in total.